The number of likely N-dealkylation sites (N-methyl/N-ethyl adjacent to an activating group) is 1. The summed E-state index contributed by atoms with van der Waals surface area (Å²) in [6, 6.07) is 5.03. The Morgan fingerprint density at radius 1 is 1.39 bits per heavy atom. The van der Waals surface area contributed by atoms with Gasteiger partial charge in [-0.2, -0.15) is 4.68 Å². The molecule has 0 spiro atoms. The molecule has 0 aliphatic heterocycles. The Kier molecular flexibility index (Phi) is 5.47. The van der Waals surface area contributed by atoms with Gasteiger partial charge in [0.1, 0.15) is 11.4 Å². The number of ether oxygens (including phenoxy) is 2. The summed E-state index contributed by atoms with van der Waals surface area (Å²) in [5.41, 5.74) is 1.26. The van der Waals surface area contributed by atoms with E-state index in [1.54, 1.807) is 51.1 Å². The monoisotopic (exact) mass is 320 g/mol. The number of urea groups is 1. The highest BCUT2D eigenvalue weighted by molar-refractivity contribution is 5.89. The molecule has 9 heteroatoms. The summed E-state index contributed by atoms with van der Waals surface area (Å²) in [6.45, 7) is 2.75. The van der Waals surface area contributed by atoms with Gasteiger partial charge in [-0.05, 0) is 35.5 Å². The maximum Gasteiger partial charge on any atom is 0.321 e. The van der Waals surface area contributed by atoms with Crippen LogP contribution in [0.2, 0.25) is 0 Å². The van der Waals surface area contributed by atoms with Crippen molar-refractivity contribution in [1.82, 2.24) is 25.1 Å². The van der Waals surface area contributed by atoms with Gasteiger partial charge in [0.2, 0.25) is 0 Å². The van der Waals surface area contributed by atoms with Crippen molar-refractivity contribution in [2.24, 2.45) is 0 Å². The highest BCUT2D eigenvalue weighted by atomic mass is 16.5. The number of hydrogen-bond acceptors (Lipinski definition) is 6. The van der Waals surface area contributed by atoms with Crippen LogP contribution >= 0.6 is 0 Å². The van der Waals surface area contributed by atoms with Crippen LogP contribution in [0.1, 0.15) is 5.82 Å². The van der Waals surface area contributed by atoms with E-state index in [1.807, 2.05) is 0 Å². The molecule has 0 fully saturated rings. The van der Waals surface area contributed by atoms with E-state index in [-0.39, 0.29) is 6.03 Å². The van der Waals surface area contributed by atoms with Gasteiger partial charge in [-0.25, -0.2) is 4.79 Å². The first kappa shape index (κ1) is 16.7. The zero-order valence-corrected chi connectivity index (χ0v) is 13.6. The Labute approximate surface area is 134 Å². The fourth-order valence-electron chi connectivity index (χ4n) is 1.94. The number of methoxy groups -OCH3 is 2. The molecular weight excluding hydrogens is 300 g/mol. The molecule has 1 aromatic carbocycles. The zero-order valence-electron chi connectivity index (χ0n) is 13.6. The minimum absolute atomic E-state index is 0.230. The average molecular weight is 320 g/mol. The Bertz CT molecular complexity index is 672. The predicted octanol–water partition coefficient (Wildman–Crippen LogP) is 1.09. The number of benzene rings is 1. The Balaban J connectivity index is 2.21. The number of anilines is 1. The maximum atomic E-state index is 12.1. The molecule has 2 amide bonds. The van der Waals surface area contributed by atoms with Gasteiger partial charge in [-0.1, -0.05) is 0 Å². The molecule has 0 aliphatic rings. The summed E-state index contributed by atoms with van der Waals surface area (Å²) < 4.78 is 11.8. The summed E-state index contributed by atoms with van der Waals surface area (Å²) in [5, 5.41) is 14.2. The normalized spacial score (nSPS) is 10.4. The minimum Gasteiger partial charge on any atom is -0.494 e. The van der Waals surface area contributed by atoms with E-state index in [9.17, 15) is 4.79 Å². The van der Waals surface area contributed by atoms with E-state index in [0.717, 1.165) is 0 Å². The topological polar surface area (TPSA) is 94.4 Å². The van der Waals surface area contributed by atoms with Gasteiger partial charge in [0.25, 0.3) is 0 Å². The Morgan fingerprint density at radius 2 is 2.17 bits per heavy atom. The minimum atomic E-state index is -0.230. The molecule has 0 radical (unpaired) electrons. The molecular formula is C14H20N6O3. The molecule has 9 nitrogen and oxygen atoms in total. The fraction of sp³-hybridized carbons (Fsp3) is 0.429. The van der Waals surface area contributed by atoms with Crippen LogP contribution in [0.4, 0.5) is 10.5 Å². The molecule has 0 unspecified atom stereocenters. The van der Waals surface area contributed by atoms with E-state index in [2.05, 4.69) is 20.8 Å². The van der Waals surface area contributed by atoms with Crippen LogP contribution < -0.4 is 10.1 Å². The largest absolute Gasteiger partial charge is 0.494 e. The standard InChI is InChI=1S/C14H20N6O3/c1-10-16-17-18-20(10)12-9-11(5-6-13(12)23-4)15-14(21)19(2)7-8-22-3/h5-6,9H,7-8H2,1-4H3,(H,15,21). The summed E-state index contributed by atoms with van der Waals surface area (Å²) >= 11 is 0. The lowest BCUT2D eigenvalue weighted by Gasteiger charge is -2.18. The second-order valence-corrected chi connectivity index (χ2v) is 4.87. The first-order valence-electron chi connectivity index (χ1n) is 7.01. The fourth-order valence-corrected chi connectivity index (χ4v) is 1.94. The van der Waals surface area contributed by atoms with Gasteiger partial charge >= 0.3 is 6.03 Å². The summed E-state index contributed by atoms with van der Waals surface area (Å²) in [5.74, 6) is 1.22. The van der Waals surface area contributed by atoms with Gasteiger partial charge in [-0.3, -0.25) is 0 Å². The van der Waals surface area contributed by atoms with Crippen LogP contribution in [-0.2, 0) is 4.74 Å². The van der Waals surface area contributed by atoms with Crippen molar-refractivity contribution < 1.29 is 14.3 Å². The van der Waals surface area contributed by atoms with Crippen molar-refractivity contribution in [3.05, 3.63) is 24.0 Å². The molecule has 23 heavy (non-hydrogen) atoms. The molecule has 1 heterocycles. The number of amides is 2. The van der Waals surface area contributed by atoms with Gasteiger partial charge in [0.05, 0.1) is 13.7 Å². The third-order valence-corrected chi connectivity index (χ3v) is 3.26. The van der Waals surface area contributed by atoms with Crippen LogP contribution in [0, 0.1) is 6.92 Å². The van der Waals surface area contributed by atoms with Crippen LogP contribution in [0.3, 0.4) is 0 Å². The number of carbonyl (C=O) groups is 1. The van der Waals surface area contributed by atoms with Crippen LogP contribution in [0.15, 0.2) is 18.2 Å². The average Bonchev–Trinajstić information content (AvgIpc) is 2.98. The quantitative estimate of drug-likeness (QED) is 0.856. The highest BCUT2D eigenvalue weighted by Crippen LogP contribution is 2.26. The van der Waals surface area contributed by atoms with Crippen molar-refractivity contribution >= 4 is 11.7 Å². The number of aryl methyl sites for hydroxylation is 1. The number of hydrogen-bond donors (Lipinski definition) is 1. The Hall–Kier alpha value is -2.68. The predicted molar refractivity (Wildman–Crippen MR) is 84.0 cm³/mol. The van der Waals surface area contributed by atoms with E-state index in [4.69, 9.17) is 9.47 Å². The number of nitrogens with one attached hydrogen (secondary N) is 1. The molecule has 2 aromatic rings. The lowest BCUT2D eigenvalue weighted by Crippen LogP contribution is -2.33. The number of carbonyl (C=O) groups excluding carboxylic acids is 1. The van der Waals surface area contributed by atoms with Crippen molar-refractivity contribution in [1.29, 1.82) is 0 Å². The van der Waals surface area contributed by atoms with Gasteiger partial charge < -0.3 is 19.7 Å². The molecule has 0 aliphatic carbocycles. The maximum absolute atomic E-state index is 12.1. The van der Waals surface area contributed by atoms with Gasteiger partial charge in [-0.15, -0.1) is 5.10 Å². The van der Waals surface area contributed by atoms with E-state index >= 15 is 0 Å². The molecule has 0 saturated carbocycles. The summed E-state index contributed by atoms with van der Waals surface area (Å²) in [4.78, 5) is 13.7. The molecule has 1 N–H and O–H groups in total. The molecule has 0 atom stereocenters. The van der Waals surface area contributed by atoms with Crippen molar-refractivity contribution in [2.75, 3.05) is 39.7 Å². The van der Waals surface area contributed by atoms with Crippen molar-refractivity contribution in [3.63, 3.8) is 0 Å². The smallest absolute Gasteiger partial charge is 0.321 e. The molecule has 0 bridgehead atoms. The molecule has 2 rings (SSSR count). The first-order chi connectivity index (χ1) is 11.1. The number of rotatable bonds is 6. The van der Waals surface area contributed by atoms with Crippen LogP contribution in [-0.4, -0.2) is 65.6 Å². The molecule has 0 saturated heterocycles. The number of nitrogens with zero attached hydrogens (tertiary/aromatic N) is 5. The Morgan fingerprint density at radius 3 is 2.78 bits per heavy atom. The van der Waals surface area contributed by atoms with Crippen LogP contribution in [0.5, 0.6) is 5.75 Å². The van der Waals surface area contributed by atoms with E-state index in [1.165, 1.54) is 4.90 Å². The summed E-state index contributed by atoms with van der Waals surface area (Å²) in [6.07, 6.45) is 0. The van der Waals surface area contributed by atoms with Crippen molar-refractivity contribution in [2.45, 2.75) is 6.92 Å². The second-order valence-electron chi connectivity index (χ2n) is 4.87. The molecule has 124 valence electrons. The van der Waals surface area contributed by atoms with E-state index in [0.29, 0.717) is 36.1 Å². The number of tetrazole rings is 1. The first-order valence-corrected chi connectivity index (χ1v) is 7.01. The van der Waals surface area contributed by atoms with E-state index < -0.39 is 0 Å². The third-order valence-electron chi connectivity index (χ3n) is 3.26. The van der Waals surface area contributed by atoms with Gasteiger partial charge in [0, 0.05) is 26.4 Å². The van der Waals surface area contributed by atoms with Crippen molar-refractivity contribution in [3.8, 4) is 11.4 Å². The lowest BCUT2D eigenvalue weighted by atomic mass is 10.2. The van der Waals surface area contributed by atoms with Gasteiger partial charge in [0.15, 0.2) is 5.82 Å². The number of aromatic nitrogens is 4. The third kappa shape index (κ3) is 3.95. The highest BCUT2D eigenvalue weighted by Gasteiger charge is 2.13. The second kappa shape index (κ2) is 7.54. The molecule has 1 aromatic heterocycles. The zero-order chi connectivity index (χ0) is 16.8. The summed E-state index contributed by atoms with van der Waals surface area (Å²) in [7, 11) is 4.86. The SMILES string of the molecule is COCCN(C)C(=O)Nc1ccc(OC)c(-n2nnnc2C)c1. The lowest BCUT2D eigenvalue weighted by molar-refractivity contribution is 0.165. The van der Waals surface area contributed by atoms with Crippen LogP contribution in [0.25, 0.3) is 5.69 Å².